The molecule has 16 heavy (non-hydrogen) atoms. The number of benzene rings is 1. The highest BCUT2D eigenvalue weighted by atomic mass is 35.5. The third-order valence-electron chi connectivity index (χ3n) is 2.78. The molecule has 0 saturated heterocycles. The highest BCUT2D eigenvalue weighted by Crippen LogP contribution is 2.40. The quantitative estimate of drug-likeness (QED) is 0.872. The predicted octanol–water partition coefficient (Wildman–Crippen LogP) is 2.80. The summed E-state index contributed by atoms with van der Waals surface area (Å²) in [5.41, 5.74) is 5.16. The van der Waals surface area contributed by atoms with Gasteiger partial charge in [0.2, 0.25) is 0 Å². The van der Waals surface area contributed by atoms with Gasteiger partial charge in [-0.25, -0.2) is 8.78 Å². The van der Waals surface area contributed by atoms with E-state index in [0.717, 1.165) is 5.56 Å². The first kappa shape index (κ1) is 11.6. The molecule has 0 fully saturated rings. The Morgan fingerprint density at radius 1 is 1.44 bits per heavy atom. The van der Waals surface area contributed by atoms with Gasteiger partial charge < -0.3 is 10.5 Å². The predicted molar refractivity (Wildman–Crippen MR) is 58.3 cm³/mol. The molecular weight excluding hydrogens is 236 g/mol. The first-order valence-corrected chi connectivity index (χ1v) is 5.34. The topological polar surface area (TPSA) is 35.2 Å². The molecule has 88 valence electrons. The maximum absolute atomic E-state index is 12.8. The van der Waals surface area contributed by atoms with Crippen LogP contribution in [-0.4, -0.2) is 19.0 Å². The second kappa shape index (κ2) is 4.18. The minimum atomic E-state index is -1.45. The zero-order chi connectivity index (χ0) is 11.8. The standard InChI is InChI=1S/C11H12ClF2NO/c12-7-1-2-8-9(15)4-11(5-13,6-14)16-10(8)3-7/h1-3,9H,4-6,15H2/t9-/m1/s1. The van der Waals surface area contributed by atoms with E-state index in [9.17, 15) is 8.78 Å². The Bertz CT molecular complexity index is 396. The van der Waals surface area contributed by atoms with Crippen LogP contribution in [0.5, 0.6) is 5.75 Å². The van der Waals surface area contributed by atoms with Gasteiger partial charge in [-0.2, -0.15) is 0 Å². The smallest absolute Gasteiger partial charge is 0.167 e. The van der Waals surface area contributed by atoms with E-state index < -0.39 is 25.0 Å². The molecular formula is C11H12ClF2NO. The molecule has 1 aliphatic heterocycles. The molecule has 2 rings (SSSR count). The zero-order valence-electron chi connectivity index (χ0n) is 8.55. The molecule has 1 aliphatic rings. The first-order chi connectivity index (χ1) is 7.60. The summed E-state index contributed by atoms with van der Waals surface area (Å²) < 4.78 is 31.1. The van der Waals surface area contributed by atoms with Crippen molar-refractivity contribution in [1.82, 2.24) is 0 Å². The van der Waals surface area contributed by atoms with Crippen LogP contribution in [0.15, 0.2) is 18.2 Å². The molecule has 5 heteroatoms. The molecule has 0 saturated carbocycles. The van der Waals surface area contributed by atoms with Gasteiger partial charge in [-0.3, -0.25) is 0 Å². The maximum Gasteiger partial charge on any atom is 0.167 e. The largest absolute Gasteiger partial charge is 0.481 e. The fourth-order valence-corrected chi connectivity index (χ4v) is 2.05. The summed E-state index contributed by atoms with van der Waals surface area (Å²) in [6.07, 6.45) is 0.134. The van der Waals surface area contributed by atoms with Gasteiger partial charge in [-0.1, -0.05) is 17.7 Å². The minimum absolute atomic E-state index is 0.134. The molecule has 1 heterocycles. The van der Waals surface area contributed by atoms with Gasteiger partial charge in [0.05, 0.1) is 0 Å². The minimum Gasteiger partial charge on any atom is -0.481 e. The van der Waals surface area contributed by atoms with E-state index in [1.165, 1.54) is 6.07 Å². The van der Waals surface area contributed by atoms with Gasteiger partial charge in [-0.05, 0) is 12.1 Å². The van der Waals surface area contributed by atoms with Gasteiger partial charge in [0.1, 0.15) is 19.1 Å². The molecule has 0 radical (unpaired) electrons. The molecule has 0 unspecified atom stereocenters. The Morgan fingerprint density at radius 2 is 2.12 bits per heavy atom. The van der Waals surface area contributed by atoms with Crippen molar-refractivity contribution in [2.24, 2.45) is 5.73 Å². The number of fused-ring (bicyclic) bond motifs is 1. The summed E-state index contributed by atoms with van der Waals surface area (Å²) in [4.78, 5) is 0. The summed E-state index contributed by atoms with van der Waals surface area (Å²) in [7, 11) is 0. The monoisotopic (exact) mass is 247 g/mol. The van der Waals surface area contributed by atoms with E-state index in [0.29, 0.717) is 10.8 Å². The lowest BCUT2D eigenvalue weighted by Gasteiger charge is -2.37. The van der Waals surface area contributed by atoms with Crippen molar-refractivity contribution >= 4 is 11.6 Å². The average Bonchev–Trinajstić information content (AvgIpc) is 2.28. The summed E-state index contributed by atoms with van der Waals surface area (Å²) in [6.45, 7) is -1.80. The van der Waals surface area contributed by atoms with Crippen molar-refractivity contribution in [2.45, 2.75) is 18.1 Å². The lowest BCUT2D eigenvalue weighted by atomic mass is 9.89. The highest BCUT2D eigenvalue weighted by Gasteiger charge is 2.40. The van der Waals surface area contributed by atoms with E-state index in [1.807, 2.05) is 0 Å². The van der Waals surface area contributed by atoms with Gasteiger partial charge in [0, 0.05) is 23.0 Å². The zero-order valence-corrected chi connectivity index (χ0v) is 9.31. The van der Waals surface area contributed by atoms with Crippen LogP contribution in [-0.2, 0) is 0 Å². The van der Waals surface area contributed by atoms with Crippen molar-refractivity contribution in [3.63, 3.8) is 0 Å². The molecule has 1 atom stereocenters. The molecule has 0 spiro atoms. The van der Waals surface area contributed by atoms with Crippen molar-refractivity contribution < 1.29 is 13.5 Å². The van der Waals surface area contributed by atoms with Crippen LogP contribution >= 0.6 is 11.6 Å². The van der Waals surface area contributed by atoms with E-state index in [1.54, 1.807) is 12.1 Å². The number of hydrogen-bond donors (Lipinski definition) is 1. The highest BCUT2D eigenvalue weighted by molar-refractivity contribution is 6.30. The molecule has 0 aliphatic carbocycles. The fraction of sp³-hybridized carbons (Fsp3) is 0.455. The first-order valence-electron chi connectivity index (χ1n) is 4.96. The Morgan fingerprint density at radius 3 is 2.75 bits per heavy atom. The number of alkyl halides is 2. The average molecular weight is 248 g/mol. The molecule has 2 N–H and O–H groups in total. The van der Waals surface area contributed by atoms with Crippen LogP contribution in [0.2, 0.25) is 5.02 Å². The van der Waals surface area contributed by atoms with Crippen LogP contribution in [0.1, 0.15) is 18.0 Å². The lowest BCUT2D eigenvalue weighted by Crippen LogP contribution is -2.46. The third kappa shape index (κ3) is 1.87. The van der Waals surface area contributed by atoms with Crippen molar-refractivity contribution in [2.75, 3.05) is 13.3 Å². The van der Waals surface area contributed by atoms with Crippen LogP contribution in [0, 0.1) is 0 Å². The summed E-state index contributed by atoms with van der Waals surface area (Å²) in [5, 5.41) is 0.458. The van der Waals surface area contributed by atoms with Crippen molar-refractivity contribution in [3.8, 4) is 5.75 Å². The number of hydrogen-bond acceptors (Lipinski definition) is 2. The second-order valence-electron chi connectivity index (χ2n) is 4.05. The van der Waals surface area contributed by atoms with Crippen LogP contribution < -0.4 is 10.5 Å². The Hall–Kier alpha value is -0.870. The maximum atomic E-state index is 12.8. The SMILES string of the molecule is N[C@@H]1CC(CF)(CF)Oc2cc(Cl)ccc21. The third-order valence-corrected chi connectivity index (χ3v) is 3.02. The van der Waals surface area contributed by atoms with Gasteiger partial charge >= 0.3 is 0 Å². The Kier molecular flexibility index (Phi) is 3.04. The lowest BCUT2D eigenvalue weighted by molar-refractivity contribution is -0.00777. The number of rotatable bonds is 2. The number of nitrogens with two attached hydrogens (primary N) is 1. The van der Waals surface area contributed by atoms with E-state index in [2.05, 4.69) is 0 Å². The van der Waals surface area contributed by atoms with E-state index in [4.69, 9.17) is 22.1 Å². The van der Waals surface area contributed by atoms with Gasteiger partial charge in [-0.15, -0.1) is 0 Å². The van der Waals surface area contributed by atoms with E-state index >= 15 is 0 Å². The summed E-state index contributed by atoms with van der Waals surface area (Å²) >= 11 is 5.80. The van der Waals surface area contributed by atoms with Crippen LogP contribution in [0.3, 0.4) is 0 Å². The molecule has 0 bridgehead atoms. The number of halogens is 3. The van der Waals surface area contributed by atoms with Crippen molar-refractivity contribution in [3.05, 3.63) is 28.8 Å². The van der Waals surface area contributed by atoms with E-state index in [-0.39, 0.29) is 6.42 Å². The Labute approximate surface area is 97.3 Å². The molecule has 0 amide bonds. The number of ether oxygens (including phenoxy) is 1. The molecule has 1 aromatic carbocycles. The summed E-state index contributed by atoms with van der Waals surface area (Å²) in [6, 6.07) is 4.52. The molecule has 0 aromatic heterocycles. The van der Waals surface area contributed by atoms with Crippen molar-refractivity contribution in [1.29, 1.82) is 0 Å². The van der Waals surface area contributed by atoms with Gasteiger partial charge in [0.15, 0.2) is 5.60 Å². The summed E-state index contributed by atoms with van der Waals surface area (Å²) in [5.74, 6) is 0.376. The molecule has 1 aromatic rings. The van der Waals surface area contributed by atoms with Crippen LogP contribution in [0.25, 0.3) is 0 Å². The normalized spacial score (nSPS) is 22.4. The second-order valence-corrected chi connectivity index (χ2v) is 4.48. The van der Waals surface area contributed by atoms with Crippen LogP contribution in [0.4, 0.5) is 8.78 Å². The molecule has 2 nitrogen and oxygen atoms in total. The fourth-order valence-electron chi connectivity index (χ4n) is 1.89. The Balaban J connectivity index is 2.41. The van der Waals surface area contributed by atoms with Gasteiger partial charge in [0.25, 0.3) is 0 Å².